The van der Waals surface area contributed by atoms with Crippen molar-refractivity contribution in [2.24, 2.45) is 5.41 Å². The van der Waals surface area contributed by atoms with E-state index in [-0.39, 0.29) is 16.3 Å². The molecule has 0 bridgehead atoms. The highest BCUT2D eigenvalue weighted by atomic mass is 35.5. The van der Waals surface area contributed by atoms with Gasteiger partial charge in [0.2, 0.25) is 5.91 Å². The summed E-state index contributed by atoms with van der Waals surface area (Å²) in [6.07, 6.45) is 12.4. The van der Waals surface area contributed by atoms with Gasteiger partial charge in [0.25, 0.3) is 0 Å². The van der Waals surface area contributed by atoms with Gasteiger partial charge in [-0.25, -0.2) is 14.4 Å². The van der Waals surface area contributed by atoms with Gasteiger partial charge in [-0.2, -0.15) is 0 Å². The van der Waals surface area contributed by atoms with Crippen LogP contribution in [0.4, 0.5) is 27.3 Å². The number of anilines is 4. The average Bonchev–Trinajstić information content (AvgIpc) is 3.34. The van der Waals surface area contributed by atoms with E-state index >= 15 is 0 Å². The summed E-state index contributed by atoms with van der Waals surface area (Å²) in [5.74, 6) is -0.0833. The summed E-state index contributed by atoms with van der Waals surface area (Å²) in [7, 11) is 2.20. The number of carbonyl (C=O) groups is 1. The minimum atomic E-state index is -0.481. The van der Waals surface area contributed by atoms with Crippen LogP contribution in [0.15, 0.2) is 48.8 Å². The zero-order valence-corrected chi connectivity index (χ0v) is 25.0. The number of nitrogens with zero attached hydrogens (tertiary/aromatic N) is 5. The Balaban J connectivity index is 1.31. The summed E-state index contributed by atoms with van der Waals surface area (Å²) in [4.78, 5) is 29.5. The number of nitrogens with one attached hydrogen (secondary N) is 2. The van der Waals surface area contributed by atoms with Crippen LogP contribution in [0, 0.1) is 11.2 Å². The Bertz CT molecular complexity index is 1470. The number of carbonyl (C=O) groups excluding carboxylic acids is 1. The van der Waals surface area contributed by atoms with E-state index in [0.29, 0.717) is 11.5 Å². The van der Waals surface area contributed by atoms with Crippen molar-refractivity contribution in [2.45, 2.75) is 38.5 Å². The molecule has 0 aliphatic carbocycles. The number of aromatic nitrogens is 2. The standard InChI is InChI=1S/C32H39ClFN7O/c1-39-16-11-32(20-39)10-6-15-41(21-32)29-19-27-24(31(36-22-35-27)37-23-8-9-26(34)25(33)17-23)18-28(29)38-30(42)7-5-14-40-12-3-2-4-13-40/h5,7-9,17-19,22H,2-4,6,10-16,20-21H2,1H3,(H,38,42)(H,35,36,37). The Morgan fingerprint density at radius 3 is 2.69 bits per heavy atom. The molecule has 1 unspecified atom stereocenters. The van der Waals surface area contributed by atoms with Crippen LogP contribution in [0.3, 0.4) is 0 Å². The summed E-state index contributed by atoms with van der Waals surface area (Å²) in [5, 5.41) is 7.22. The molecule has 42 heavy (non-hydrogen) atoms. The SMILES string of the molecule is CN1CCC2(CCCN(c3cc4ncnc(Nc5ccc(F)c(Cl)c5)c4cc3NC(=O)C=CCN3CCCCC3)C2)C1. The smallest absolute Gasteiger partial charge is 0.248 e. The van der Waals surface area contributed by atoms with Gasteiger partial charge in [-0.1, -0.05) is 24.1 Å². The molecule has 10 heteroatoms. The quantitative estimate of drug-likeness (QED) is 0.323. The first-order chi connectivity index (χ1) is 20.4. The highest BCUT2D eigenvalue weighted by molar-refractivity contribution is 6.31. The number of hydrogen-bond donors (Lipinski definition) is 2. The second kappa shape index (κ2) is 12.5. The first-order valence-corrected chi connectivity index (χ1v) is 15.4. The molecule has 3 aliphatic rings. The number of amides is 1. The van der Waals surface area contributed by atoms with Crippen LogP contribution in [-0.4, -0.2) is 78.5 Å². The molecule has 0 saturated carbocycles. The summed E-state index contributed by atoms with van der Waals surface area (Å²) in [5.41, 5.74) is 3.34. The lowest BCUT2D eigenvalue weighted by molar-refractivity contribution is -0.111. The lowest BCUT2D eigenvalue weighted by Crippen LogP contribution is -2.45. The van der Waals surface area contributed by atoms with Crippen LogP contribution in [0.25, 0.3) is 10.9 Å². The Morgan fingerprint density at radius 1 is 1.05 bits per heavy atom. The third-order valence-corrected chi connectivity index (χ3v) is 9.20. The second-order valence-corrected chi connectivity index (χ2v) is 12.5. The van der Waals surface area contributed by atoms with E-state index < -0.39 is 5.82 Å². The largest absolute Gasteiger partial charge is 0.369 e. The molecule has 6 rings (SSSR count). The zero-order chi connectivity index (χ0) is 29.1. The van der Waals surface area contributed by atoms with E-state index in [9.17, 15) is 9.18 Å². The van der Waals surface area contributed by atoms with Gasteiger partial charge in [0.15, 0.2) is 0 Å². The van der Waals surface area contributed by atoms with Crippen molar-refractivity contribution in [1.82, 2.24) is 19.8 Å². The molecule has 1 atom stereocenters. The molecule has 2 N–H and O–H groups in total. The van der Waals surface area contributed by atoms with E-state index in [0.717, 1.165) is 74.5 Å². The Kier molecular flexibility index (Phi) is 8.60. The Morgan fingerprint density at radius 2 is 1.90 bits per heavy atom. The van der Waals surface area contributed by atoms with Crippen LogP contribution >= 0.6 is 11.6 Å². The van der Waals surface area contributed by atoms with E-state index in [2.05, 4.69) is 48.4 Å². The van der Waals surface area contributed by atoms with E-state index in [4.69, 9.17) is 11.6 Å². The van der Waals surface area contributed by atoms with Gasteiger partial charge in [-0.05, 0) is 89.1 Å². The third kappa shape index (κ3) is 6.53. The molecule has 1 amide bonds. The molecule has 4 heterocycles. The normalized spacial score (nSPS) is 21.9. The summed E-state index contributed by atoms with van der Waals surface area (Å²) in [6, 6.07) is 8.48. The molecule has 3 saturated heterocycles. The van der Waals surface area contributed by atoms with Crippen molar-refractivity contribution >= 4 is 51.3 Å². The minimum absolute atomic E-state index is 0.0292. The molecule has 3 fully saturated rings. The van der Waals surface area contributed by atoms with Crippen LogP contribution in [-0.2, 0) is 4.79 Å². The van der Waals surface area contributed by atoms with Crippen LogP contribution in [0.1, 0.15) is 38.5 Å². The van der Waals surface area contributed by atoms with Crippen LogP contribution < -0.4 is 15.5 Å². The fraction of sp³-hybridized carbons (Fsp3) is 0.469. The number of benzene rings is 2. The Hall–Kier alpha value is -3.27. The number of hydrogen-bond acceptors (Lipinski definition) is 7. The maximum absolute atomic E-state index is 13.8. The van der Waals surface area contributed by atoms with Gasteiger partial charge in [0.05, 0.1) is 21.9 Å². The van der Waals surface area contributed by atoms with Crippen molar-refractivity contribution in [3.8, 4) is 0 Å². The molecular formula is C32H39ClFN7O. The lowest BCUT2D eigenvalue weighted by atomic mass is 9.79. The van der Waals surface area contributed by atoms with Crippen LogP contribution in [0.2, 0.25) is 5.02 Å². The monoisotopic (exact) mass is 591 g/mol. The fourth-order valence-corrected chi connectivity index (χ4v) is 6.98. The van der Waals surface area contributed by atoms with Gasteiger partial charge in [0.1, 0.15) is 18.0 Å². The molecule has 222 valence electrons. The van der Waals surface area contributed by atoms with Crippen molar-refractivity contribution in [1.29, 1.82) is 0 Å². The van der Waals surface area contributed by atoms with E-state index in [1.807, 2.05) is 12.1 Å². The third-order valence-electron chi connectivity index (χ3n) is 8.91. The predicted octanol–water partition coefficient (Wildman–Crippen LogP) is 6.07. The van der Waals surface area contributed by atoms with Gasteiger partial charge >= 0.3 is 0 Å². The Labute approximate surface area is 251 Å². The molecule has 3 aliphatic heterocycles. The molecular weight excluding hydrogens is 553 g/mol. The summed E-state index contributed by atoms with van der Waals surface area (Å²) in [6.45, 7) is 7.03. The average molecular weight is 592 g/mol. The fourth-order valence-electron chi connectivity index (χ4n) is 6.79. The first-order valence-electron chi connectivity index (χ1n) is 15.0. The highest BCUT2D eigenvalue weighted by Gasteiger charge is 2.40. The topological polar surface area (TPSA) is 76.6 Å². The zero-order valence-electron chi connectivity index (χ0n) is 24.2. The molecule has 8 nitrogen and oxygen atoms in total. The van der Waals surface area contributed by atoms with Crippen LogP contribution in [0.5, 0.6) is 0 Å². The van der Waals surface area contributed by atoms with E-state index in [1.54, 1.807) is 12.1 Å². The first kappa shape index (κ1) is 28.8. The number of piperidine rings is 2. The summed E-state index contributed by atoms with van der Waals surface area (Å²) < 4.78 is 13.8. The molecule has 2 aromatic carbocycles. The molecule has 1 spiro atoms. The van der Waals surface area contributed by atoms with Crippen molar-refractivity contribution < 1.29 is 9.18 Å². The molecule has 1 aromatic heterocycles. The van der Waals surface area contributed by atoms with Gasteiger partial charge in [0, 0.05) is 48.7 Å². The van der Waals surface area contributed by atoms with E-state index in [1.165, 1.54) is 50.6 Å². The summed E-state index contributed by atoms with van der Waals surface area (Å²) >= 11 is 6.03. The highest BCUT2D eigenvalue weighted by Crippen LogP contribution is 2.42. The lowest BCUT2D eigenvalue weighted by Gasteiger charge is -2.42. The number of fused-ring (bicyclic) bond motifs is 1. The van der Waals surface area contributed by atoms with Crippen molar-refractivity contribution in [3.63, 3.8) is 0 Å². The second-order valence-electron chi connectivity index (χ2n) is 12.1. The number of rotatable bonds is 7. The number of likely N-dealkylation sites (tertiary alicyclic amines) is 2. The number of halogens is 2. The van der Waals surface area contributed by atoms with Crippen molar-refractivity contribution in [2.75, 3.05) is 68.4 Å². The molecule has 0 radical (unpaired) electrons. The van der Waals surface area contributed by atoms with Gasteiger partial charge in [-0.3, -0.25) is 9.69 Å². The van der Waals surface area contributed by atoms with Gasteiger partial charge < -0.3 is 20.4 Å². The molecule has 3 aromatic rings. The minimum Gasteiger partial charge on any atom is -0.369 e. The predicted molar refractivity (Wildman–Crippen MR) is 168 cm³/mol. The maximum atomic E-state index is 13.8. The van der Waals surface area contributed by atoms with Crippen molar-refractivity contribution in [3.05, 3.63) is 59.7 Å². The van der Waals surface area contributed by atoms with Gasteiger partial charge in [-0.15, -0.1) is 0 Å². The maximum Gasteiger partial charge on any atom is 0.248 e.